The topological polar surface area (TPSA) is 26.3 Å². The molecule has 1 atom stereocenters. The van der Waals surface area contributed by atoms with Gasteiger partial charge in [0.2, 0.25) is 0 Å². The van der Waals surface area contributed by atoms with Gasteiger partial charge in [0.25, 0.3) is 0 Å². The van der Waals surface area contributed by atoms with Crippen molar-refractivity contribution in [2.75, 3.05) is 23.4 Å². The van der Waals surface area contributed by atoms with Gasteiger partial charge < -0.3 is 4.74 Å². The number of esters is 1. The Hall–Kier alpha value is 0.300. The maximum atomic E-state index is 11.8. The first-order valence-electron chi connectivity index (χ1n) is 8.52. The largest absolute Gasteiger partial charge is 0.465 e. The van der Waals surface area contributed by atoms with Gasteiger partial charge in [-0.3, -0.25) is 4.79 Å². The maximum Gasteiger partial charge on any atom is 0.309 e. The van der Waals surface area contributed by atoms with E-state index in [-0.39, 0.29) is 11.9 Å². The Balaban J connectivity index is 3.36. The van der Waals surface area contributed by atoms with Gasteiger partial charge in [-0.1, -0.05) is 68.3 Å². The summed E-state index contributed by atoms with van der Waals surface area (Å²) < 4.78 is 5.34. The van der Waals surface area contributed by atoms with E-state index in [1.165, 1.54) is 57.1 Å². The van der Waals surface area contributed by atoms with Gasteiger partial charge in [-0.15, -0.1) is 0 Å². The molecule has 0 saturated carbocycles. The number of hydrogen-bond acceptors (Lipinski definition) is 3. The zero-order valence-corrected chi connectivity index (χ0v) is 16.3. The van der Waals surface area contributed by atoms with Crippen LogP contribution >= 0.6 is 27.7 Å². The quantitative estimate of drug-likeness (QED) is 0.203. The molecule has 0 aliphatic rings. The van der Waals surface area contributed by atoms with Crippen LogP contribution in [0, 0.1) is 5.92 Å². The van der Waals surface area contributed by atoms with Crippen molar-refractivity contribution in [2.45, 2.75) is 71.6 Å². The van der Waals surface area contributed by atoms with E-state index < -0.39 is 0 Å². The molecule has 0 aliphatic heterocycles. The average Bonchev–Trinajstić information content (AvgIpc) is 2.49. The molecule has 21 heavy (non-hydrogen) atoms. The number of alkyl halides is 1. The van der Waals surface area contributed by atoms with Crippen LogP contribution in [0.15, 0.2) is 0 Å². The molecule has 0 spiro atoms. The summed E-state index contributed by atoms with van der Waals surface area (Å²) in [5.74, 6) is 2.09. The number of carbonyl (C=O) groups excluding carboxylic acids is 1. The van der Waals surface area contributed by atoms with E-state index in [0.717, 1.165) is 17.5 Å². The van der Waals surface area contributed by atoms with Crippen LogP contribution in [0.1, 0.15) is 71.6 Å². The number of unbranched alkanes of at least 4 members (excludes halogenated alkanes) is 7. The zero-order chi connectivity index (χ0) is 15.8. The third kappa shape index (κ3) is 15.0. The highest BCUT2D eigenvalue weighted by atomic mass is 79.9. The van der Waals surface area contributed by atoms with E-state index >= 15 is 0 Å². The van der Waals surface area contributed by atoms with E-state index in [1.807, 2.05) is 18.7 Å². The summed E-state index contributed by atoms with van der Waals surface area (Å²) in [5.41, 5.74) is 0. The summed E-state index contributed by atoms with van der Waals surface area (Å²) in [7, 11) is 0. The molecule has 0 rings (SSSR count). The fourth-order valence-corrected chi connectivity index (χ4v) is 3.46. The fraction of sp³-hybridized carbons (Fsp3) is 0.941. The normalized spacial score (nSPS) is 12.3. The lowest BCUT2D eigenvalue weighted by Crippen LogP contribution is -2.17. The highest BCUT2D eigenvalue weighted by Gasteiger charge is 2.13. The van der Waals surface area contributed by atoms with Crippen molar-refractivity contribution in [3.8, 4) is 0 Å². The molecule has 0 amide bonds. The van der Waals surface area contributed by atoms with Crippen molar-refractivity contribution in [3.05, 3.63) is 0 Å². The standard InChI is InChI=1S/C17H33BrO2S/c1-3-4-5-11-14-21-15-16(2)17(19)20-13-10-8-6-7-9-12-18/h16H,3-15H2,1-2H3. The van der Waals surface area contributed by atoms with Gasteiger partial charge in [0.05, 0.1) is 12.5 Å². The van der Waals surface area contributed by atoms with Gasteiger partial charge in [0.1, 0.15) is 0 Å². The third-order valence-corrected chi connectivity index (χ3v) is 5.31. The van der Waals surface area contributed by atoms with Gasteiger partial charge in [-0.25, -0.2) is 0 Å². The molecule has 0 aromatic carbocycles. The Morgan fingerprint density at radius 1 is 1.05 bits per heavy atom. The van der Waals surface area contributed by atoms with Crippen LogP contribution in [0.25, 0.3) is 0 Å². The molecule has 0 N–H and O–H groups in total. The first-order valence-corrected chi connectivity index (χ1v) is 10.8. The SMILES string of the molecule is CCCCCCSCC(C)C(=O)OCCCCCCCBr. The Morgan fingerprint density at radius 3 is 2.43 bits per heavy atom. The summed E-state index contributed by atoms with van der Waals surface area (Å²) in [6.07, 6.45) is 11.1. The molecule has 2 nitrogen and oxygen atoms in total. The number of rotatable bonds is 15. The number of hydrogen-bond donors (Lipinski definition) is 0. The minimum Gasteiger partial charge on any atom is -0.465 e. The first-order chi connectivity index (χ1) is 10.2. The lowest BCUT2D eigenvalue weighted by Gasteiger charge is -2.11. The van der Waals surface area contributed by atoms with Gasteiger partial charge >= 0.3 is 5.97 Å². The van der Waals surface area contributed by atoms with Gasteiger partial charge in [-0.05, 0) is 25.0 Å². The van der Waals surface area contributed by atoms with Crippen LogP contribution in [0.2, 0.25) is 0 Å². The molecule has 0 heterocycles. The van der Waals surface area contributed by atoms with Crippen molar-refractivity contribution in [1.82, 2.24) is 0 Å². The maximum absolute atomic E-state index is 11.8. The monoisotopic (exact) mass is 380 g/mol. The molecule has 0 fully saturated rings. The molecular formula is C17H33BrO2S. The van der Waals surface area contributed by atoms with Crippen LogP contribution in [-0.2, 0) is 9.53 Å². The van der Waals surface area contributed by atoms with Crippen molar-refractivity contribution in [3.63, 3.8) is 0 Å². The minimum atomic E-state index is -0.0171. The second kappa shape index (κ2) is 16.7. The van der Waals surface area contributed by atoms with E-state index in [0.29, 0.717) is 6.61 Å². The van der Waals surface area contributed by atoms with Crippen molar-refractivity contribution in [2.24, 2.45) is 5.92 Å². The molecule has 126 valence electrons. The highest BCUT2D eigenvalue weighted by Crippen LogP contribution is 2.13. The first kappa shape index (κ1) is 21.3. The van der Waals surface area contributed by atoms with Crippen molar-refractivity contribution >= 4 is 33.7 Å². The van der Waals surface area contributed by atoms with E-state index in [4.69, 9.17) is 4.74 Å². The molecule has 0 aliphatic carbocycles. The molecule has 0 aromatic rings. The van der Waals surface area contributed by atoms with Crippen molar-refractivity contribution < 1.29 is 9.53 Å². The second-order valence-corrected chi connectivity index (χ2v) is 7.60. The van der Waals surface area contributed by atoms with Crippen LogP contribution in [0.3, 0.4) is 0 Å². The Bertz CT molecular complexity index is 237. The highest BCUT2D eigenvalue weighted by molar-refractivity contribution is 9.09. The zero-order valence-electron chi connectivity index (χ0n) is 13.9. The number of ether oxygens (including phenoxy) is 1. The summed E-state index contributed by atoms with van der Waals surface area (Å²) >= 11 is 5.32. The second-order valence-electron chi connectivity index (χ2n) is 5.66. The third-order valence-electron chi connectivity index (χ3n) is 3.43. The Labute approximate surface area is 144 Å². The minimum absolute atomic E-state index is 0.0171. The lowest BCUT2D eigenvalue weighted by atomic mass is 10.2. The van der Waals surface area contributed by atoms with Crippen LogP contribution in [-0.4, -0.2) is 29.4 Å². The summed E-state index contributed by atoms with van der Waals surface area (Å²) in [6.45, 7) is 4.81. The fourth-order valence-electron chi connectivity index (χ4n) is 2.00. The summed E-state index contributed by atoms with van der Waals surface area (Å²) in [6, 6.07) is 0. The van der Waals surface area contributed by atoms with E-state index in [2.05, 4.69) is 22.9 Å². The van der Waals surface area contributed by atoms with Crippen LogP contribution < -0.4 is 0 Å². The van der Waals surface area contributed by atoms with E-state index in [1.54, 1.807) is 0 Å². The lowest BCUT2D eigenvalue weighted by molar-refractivity contribution is -0.147. The molecule has 0 saturated heterocycles. The molecule has 0 aromatic heterocycles. The Kier molecular flexibility index (Phi) is 16.9. The summed E-state index contributed by atoms with van der Waals surface area (Å²) in [4.78, 5) is 11.8. The molecule has 0 bridgehead atoms. The number of carbonyl (C=O) groups is 1. The predicted molar refractivity (Wildman–Crippen MR) is 98.5 cm³/mol. The molecule has 1 unspecified atom stereocenters. The molecular weight excluding hydrogens is 348 g/mol. The van der Waals surface area contributed by atoms with Gasteiger partial charge in [0, 0.05) is 11.1 Å². The smallest absolute Gasteiger partial charge is 0.309 e. The van der Waals surface area contributed by atoms with Crippen LogP contribution in [0.5, 0.6) is 0 Å². The molecule has 0 radical (unpaired) electrons. The average molecular weight is 381 g/mol. The Morgan fingerprint density at radius 2 is 1.71 bits per heavy atom. The van der Waals surface area contributed by atoms with Crippen LogP contribution in [0.4, 0.5) is 0 Å². The predicted octanol–water partition coefficient (Wildman–Crippen LogP) is 5.82. The van der Waals surface area contributed by atoms with Crippen molar-refractivity contribution in [1.29, 1.82) is 0 Å². The van der Waals surface area contributed by atoms with Gasteiger partial charge in [0.15, 0.2) is 0 Å². The molecule has 4 heteroatoms. The van der Waals surface area contributed by atoms with Gasteiger partial charge in [-0.2, -0.15) is 11.8 Å². The van der Waals surface area contributed by atoms with E-state index in [9.17, 15) is 4.79 Å². The summed E-state index contributed by atoms with van der Waals surface area (Å²) in [5, 5.41) is 1.09. The number of thioether (sulfide) groups is 1. The number of halogens is 1.